The van der Waals surface area contributed by atoms with E-state index in [9.17, 15) is 0 Å². The third-order valence-corrected chi connectivity index (χ3v) is 3.32. The summed E-state index contributed by atoms with van der Waals surface area (Å²) < 4.78 is 0. The van der Waals surface area contributed by atoms with Gasteiger partial charge in [0.1, 0.15) is 0 Å². The minimum absolute atomic E-state index is 0.251. The van der Waals surface area contributed by atoms with Gasteiger partial charge in [0.05, 0.1) is 17.7 Å². The average Bonchev–Trinajstić information content (AvgIpc) is 3.11. The number of hydrogen-bond acceptors (Lipinski definition) is 3. The summed E-state index contributed by atoms with van der Waals surface area (Å²) in [5.41, 5.74) is 2.12. The first-order chi connectivity index (χ1) is 8.28. The molecule has 2 rings (SSSR count). The Labute approximate surface area is 102 Å². The van der Waals surface area contributed by atoms with Crippen molar-refractivity contribution in [3.63, 3.8) is 0 Å². The summed E-state index contributed by atoms with van der Waals surface area (Å²) in [4.78, 5) is 0. The Morgan fingerprint density at radius 1 is 1.18 bits per heavy atom. The minimum Gasteiger partial charge on any atom is -0.312 e. The van der Waals surface area contributed by atoms with Gasteiger partial charge in [0, 0.05) is 19.5 Å². The highest BCUT2D eigenvalue weighted by Gasteiger charge is 2.41. The molecule has 1 aliphatic carbocycles. The molecule has 0 aromatic heterocycles. The van der Waals surface area contributed by atoms with Gasteiger partial charge in [0.2, 0.25) is 0 Å². The third-order valence-electron chi connectivity index (χ3n) is 3.32. The monoisotopic (exact) mass is 225 g/mol. The number of benzene rings is 1. The Bertz CT molecular complexity index is 458. The van der Waals surface area contributed by atoms with Crippen molar-refractivity contribution >= 4 is 0 Å². The molecule has 0 atom stereocenters. The van der Waals surface area contributed by atoms with Gasteiger partial charge >= 0.3 is 0 Å². The molecule has 1 saturated carbocycles. The van der Waals surface area contributed by atoms with Crippen LogP contribution in [0.15, 0.2) is 24.3 Å². The molecule has 0 unspecified atom stereocenters. The van der Waals surface area contributed by atoms with E-state index in [2.05, 4.69) is 17.5 Å². The van der Waals surface area contributed by atoms with Crippen LogP contribution in [0.25, 0.3) is 0 Å². The van der Waals surface area contributed by atoms with E-state index >= 15 is 0 Å². The second-order valence-corrected chi connectivity index (χ2v) is 4.75. The SMILES string of the molecule is N#CCC1(CNCc2ccc(C#N)cc2)CC1. The summed E-state index contributed by atoms with van der Waals surface area (Å²) in [5, 5.41) is 20.8. The highest BCUT2D eigenvalue weighted by atomic mass is 14.9. The molecule has 0 radical (unpaired) electrons. The normalized spacial score (nSPS) is 15.9. The number of hydrogen-bond donors (Lipinski definition) is 1. The van der Waals surface area contributed by atoms with E-state index in [1.807, 2.05) is 24.3 Å². The summed E-state index contributed by atoms with van der Waals surface area (Å²) >= 11 is 0. The van der Waals surface area contributed by atoms with Crippen LogP contribution >= 0.6 is 0 Å². The lowest BCUT2D eigenvalue weighted by Gasteiger charge is -2.12. The van der Waals surface area contributed by atoms with Crippen molar-refractivity contribution in [1.82, 2.24) is 5.32 Å². The molecule has 3 heteroatoms. The summed E-state index contributed by atoms with van der Waals surface area (Å²) in [6.07, 6.45) is 3.00. The topological polar surface area (TPSA) is 59.6 Å². The third kappa shape index (κ3) is 3.06. The molecule has 0 spiro atoms. The summed E-state index contributed by atoms with van der Waals surface area (Å²) in [7, 11) is 0. The van der Waals surface area contributed by atoms with Crippen LogP contribution in [0.4, 0.5) is 0 Å². The molecule has 0 aliphatic heterocycles. The fourth-order valence-corrected chi connectivity index (χ4v) is 1.93. The molecule has 1 aliphatic rings. The average molecular weight is 225 g/mol. The van der Waals surface area contributed by atoms with E-state index in [1.165, 1.54) is 18.4 Å². The maximum atomic E-state index is 8.71. The van der Waals surface area contributed by atoms with Gasteiger partial charge in [-0.25, -0.2) is 0 Å². The Kier molecular flexibility index (Phi) is 3.42. The summed E-state index contributed by atoms with van der Waals surface area (Å²) in [6.45, 7) is 1.72. The zero-order chi connectivity index (χ0) is 12.1. The second-order valence-electron chi connectivity index (χ2n) is 4.75. The van der Waals surface area contributed by atoms with Gasteiger partial charge in [-0.3, -0.25) is 0 Å². The van der Waals surface area contributed by atoms with E-state index in [0.29, 0.717) is 12.0 Å². The Balaban J connectivity index is 1.79. The van der Waals surface area contributed by atoms with Gasteiger partial charge in [-0.2, -0.15) is 10.5 Å². The van der Waals surface area contributed by atoms with Gasteiger partial charge in [0.25, 0.3) is 0 Å². The molecule has 0 bridgehead atoms. The van der Waals surface area contributed by atoms with Crippen molar-refractivity contribution < 1.29 is 0 Å². The van der Waals surface area contributed by atoms with Crippen LogP contribution < -0.4 is 5.32 Å². The molecule has 1 aromatic rings. The molecule has 0 amide bonds. The first kappa shape index (κ1) is 11.6. The van der Waals surface area contributed by atoms with Crippen LogP contribution in [-0.2, 0) is 6.54 Å². The van der Waals surface area contributed by atoms with Crippen molar-refractivity contribution in [3.05, 3.63) is 35.4 Å². The molecule has 1 fully saturated rings. The molecule has 17 heavy (non-hydrogen) atoms. The maximum absolute atomic E-state index is 8.71. The zero-order valence-corrected chi connectivity index (χ0v) is 9.74. The Morgan fingerprint density at radius 3 is 2.41 bits per heavy atom. The lowest BCUT2D eigenvalue weighted by Crippen LogP contribution is -2.23. The van der Waals surface area contributed by atoms with Gasteiger partial charge in [-0.1, -0.05) is 12.1 Å². The number of rotatable bonds is 5. The first-order valence-electron chi connectivity index (χ1n) is 5.85. The quantitative estimate of drug-likeness (QED) is 0.836. The molecule has 3 nitrogen and oxygen atoms in total. The standard InChI is InChI=1S/C14H15N3/c15-8-7-14(5-6-14)11-17-10-13-3-1-12(9-16)2-4-13/h1-4,17H,5-7,10-11H2. The molecule has 0 saturated heterocycles. The second kappa shape index (κ2) is 4.99. The smallest absolute Gasteiger partial charge is 0.0991 e. The number of nitriles is 2. The van der Waals surface area contributed by atoms with Crippen LogP contribution in [0.2, 0.25) is 0 Å². The fourth-order valence-electron chi connectivity index (χ4n) is 1.93. The van der Waals surface area contributed by atoms with Gasteiger partial charge in [0.15, 0.2) is 0 Å². The Morgan fingerprint density at radius 2 is 1.88 bits per heavy atom. The lowest BCUT2D eigenvalue weighted by molar-refractivity contribution is 0.466. The maximum Gasteiger partial charge on any atom is 0.0991 e. The Hall–Kier alpha value is -1.84. The lowest BCUT2D eigenvalue weighted by atomic mass is 10.0. The van der Waals surface area contributed by atoms with E-state index in [4.69, 9.17) is 10.5 Å². The summed E-state index contributed by atoms with van der Waals surface area (Å²) in [5.74, 6) is 0. The van der Waals surface area contributed by atoms with Crippen LogP contribution in [0.5, 0.6) is 0 Å². The molecular weight excluding hydrogens is 210 g/mol. The molecule has 0 heterocycles. The van der Waals surface area contributed by atoms with Gasteiger partial charge in [-0.05, 0) is 36.0 Å². The molecule has 1 N–H and O–H groups in total. The van der Waals surface area contributed by atoms with Crippen LogP contribution in [-0.4, -0.2) is 6.54 Å². The van der Waals surface area contributed by atoms with Gasteiger partial charge < -0.3 is 5.32 Å². The highest BCUT2D eigenvalue weighted by Crippen LogP contribution is 2.47. The van der Waals surface area contributed by atoms with Crippen LogP contribution in [0.1, 0.15) is 30.4 Å². The number of nitrogens with one attached hydrogen (secondary N) is 1. The molecular formula is C14H15N3. The van der Waals surface area contributed by atoms with Crippen LogP contribution in [0, 0.1) is 28.1 Å². The predicted molar refractivity (Wildman–Crippen MR) is 64.8 cm³/mol. The number of nitrogens with zero attached hydrogens (tertiary/aromatic N) is 2. The van der Waals surface area contributed by atoms with Crippen molar-refractivity contribution in [2.24, 2.45) is 5.41 Å². The molecule has 86 valence electrons. The van der Waals surface area contributed by atoms with Crippen LogP contribution in [0.3, 0.4) is 0 Å². The van der Waals surface area contributed by atoms with E-state index in [0.717, 1.165) is 13.1 Å². The highest BCUT2D eigenvalue weighted by molar-refractivity contribution is 5.31. The van der Waals surface area contributed by atoms with E-state index < -0.39 is 0 Å². The van der Waals surface area contributed by atoms with Gasteiger partial charge in [-0.15, -0.1) is 0 Å². The van der Waals surface area contributed by atoms with Crippen molar-refractivity contribution in [2.45, 2.75) is 25.8 Å². The van der Waals surface area contributed by atoms with E-state index in [1.54, 1.807) is 0 Å². The van der Waals surface area contributed by atoms with Crippen molar-refractivity contribution in [1.29, 1.82) is 10.5 Å². The van der Waals surface area contributed by atoms with E-state index in [-0.39, 0.29) is 5.41 Å². The first-order valence-corrected chi connectivity index (χ1v) is 5.85. The van der Waals surface area contributed by atoms with Crippen molar-refractivity contribution in [3.8, 4) is 12.1 Å². The predicted octanol–water partition coefficient (Wildman–Crippen LogP) is 2.34. The zero-order valence-electron chi connectivity index (χ0n) is 9.74. The molecule has 1 aromatic carbocycles. The largest absolute Gasteiger partial charge is 0.312 e. The fraction of sp³-hybridized carbons (Fsp3) is 0.429. The van der Waals surface area contributed by atoms with Crippen molar-refractivity contribution in [2.75, 3.05) is 6.54 Å². The minimum atomic E-state index is 0.251. The summed E-state index contributed by atoms with van der Waals surface area (Å²) in [6, 6.07) is 12.0.